The summed E-state index contributed by atoms with van der Waals surface area (Å²) >= 11 is 1.35. The molecular weight excluding hydrogens is 901 g/mol. The molecule has 0 unspecified atom stereocenters. The first-order valence-corrected chi connectivity index (χ1v) is 22.0. The van der Waals surface area contributed by atoms with E-state index in [0.29, 0.717) is 12.2 Å². The molecule has 0 radical (unpaired) electrons. The molecule has 66 heavy (non-hydrogen) atoms. The van der Waals surface area contributed by atoms with Crippen LogP contribution in [0.25, 0.3) is 0 Å². The van der Waals surface area contributed by atoms with Crippen molar-refractivity contribution in [2.75, 3.05) is 31.8 Å². The minimum absolute atomic E-state index is 0.0571. The van der Waals surface area contributed by atoms with Crippen molar-refractivity contribution >= 4 is 76.9 Å². The van der Waals surface area contributed by atoms with E-state index in [2.05, 4.69) is 21.3 Å². The highest BCUT2D eigenvalue weighted by Crippen LogP contribution is 2.09. The van der Waals surface area contributed by atoms with Crippen LogP contribution in [0.15, 0.2) is 0 Å². The van der Waals surface area contributed by atoms with E-state index in [1.165, 1.54) is 11.8 Å². The number of nitrogens with one attached hydrogen (secondary N) is 8. The van der Waals surface area contributed by atoms with Crippen molar-refractivity contribution < 1.29 is 83.4 Å². The Kier molecular flexibility index (Phi) is 27.9. The zero-order chi connectivity index (χ0) is 51.0. The Labute approximate surface area is 384 Å². The van der Waals surface area contributed by atoms with Crippen molar-refractivity contribution in [2.24, 2.45) is 23.3 Å². The number of carboxylic acid groups (broad SMARTS) is 2. The number of thioether (sulfide) groups is 1. The third-order valence-electron chi connectivity index (χ3n) is 9.19. The lowest BCUT2D eigenvalue weighted by molar-refractivity contribution is -0.144. The molecule has 0 aromatic carbocycles. The quantitative estimate of drug-likeness (QED) is 0.0298. The molecule has 0 saturated carbocycles. The van der Waals surface area contributed by atoms with Gasteiger partial charge in [0.05, 0.1) is 44.8 Å². The summed E-state index contributed by atoms with van der Waals surface area (Å²) in [6, 6.07) is -15.2. The van der Waals surface area contributed by atoms with E-state index in [1.54, 1.807) is 20.1 Å². The maximum Gasteiger partial charge on any atom is 0.326 e. The highest BCUT2D eigenvalue weighted by molar-refractivity contribution is 7.98. The minimum atomic E-state index is -2.01. The summed E-state index contributed by atoms with van der Waals surface area (Å²) < 4.78 is 0. The summed E-state index contributed by atoms with van der Waals surface area (Å²) in [7, 11) is 0. The summed E-state index contributed by atoms with van der Waals surface area (Å²) in [4.78, 5) is 140. The fourth-order valence-electron chi connectivity index (χ4n) is 5.75. The summed E-state index contributed by atoms with van der Waals surface area (Å²) in [6.07, 6.45) is -1.76. The first-order chi connectivity index (χ1) is 30.7. The molecule has 0 bridgehead atoms. The number of rotatable bonds is 32. The average Bonchev–Trinajstić information content (AvgIpc) is 3.21. The zero-order valence-corrected chi connectivity index (χ0v) is 38.3. The van der Waals surface area contributed by atoms with Crippen LogP contribution >= 0.6 is 11.8 Å². The zero-order valence-electron chi connectivity index (χ0n) is 37.5. The lowest BCUT2D eigenvalue weighted by Crippen LogP contribution is -2.63. The van der Waals surface area contributed by atoms with Crippen LogP contribution in [0.4, 0.5) is 0 Å². The molecule has 0 rings (SSSR count). The second kappa shape index (κ2) is 30.5. The number of aliphatic carboxylic acids is 2. The van der Waals surface area contributed by atoms with E-state index in [1.807, 2.05) is 35.1 Å². The number of hydrogen-bond donors (Lipinski definition) is 16. The van der Waals surface area contributed by atoms with Crippen LogP contribution in [-0.4, -0.2) is 188 Å². The van der Waals surface area contributed by atoms with Crippen molar-refractivity contribution in [1.82, 2.24) is 42.5 Å². The molecule has 10 atom stereocenters. The van der Waals surface area contributed by atoms with Gasteiger partial charge < -0.3 is 84.6 Å². The van der Waals surface area contributed by atoms with Crippen LogP contribution < -0.4 is 54.0 Å². The van der Waals surface area contributed by atoms with Gasteiger partial charge in [-0.1, -0.05) is 27.7 Å². The van der Waals surface area contributed by atoms with Crippen LogP contribution in [0, 0.1) is 11.8 Å². The van der Waals surface area contributed by atoms with Gasteiger partial charge in [0.1, 0.15) is 48.3 Å². The van der Waals surface area contributed by atoms with Crippen LogP contribution in [0.5, 0.6) is 0 Å². The number of carbonyl (C=O) groups is 11. The van der Waals surface area contributed by atoms with Gasteiger partial charge in [0.2, 0.25) is 53.2 Å². The van der Waals surface area contributed by atoms with E-state index in [4.69, 9.17) is 11.5 Å². The molecule has 28 heteroatoms. The number of carbonyl (C=O) groups excluding carboxylic acids is 9. The Morgan fingerprint density at radius 1 is 0.500 bits per heavy atom. The normalized spacial score (nSPS) is 15.7. The molecule has 27 nitrogen and oxygen atoms in total. The van der Waals surface area contributed by atoms with Crippen molar-refractivity contribution in [3.05, 3.63) is 0 Å². The Hall–Kier alpha value is -5.68. The van der Waals surface area contributed by atoms with E-state index in [0.717, 1.165) is 6.92 Å². The molecule has 0 aliphatic rings. The van der Waals surface area contributed by atoms with Crippen LogP contribution in [0.1, 0.15) is 66.7 Å². The molecule has 0 spiro atoms. The third kappa shape index (κ3) is 22.5. The molecule has 0 aliphatic heterocycles. The fourth-order valence-corrected chi connectivity index (χ4v) is 6.22. The standard InChI is InChI=1S/C38H66N10O17S/c1-16(2)9-19(39)30(56)41-20(7-8-66-6)31(57)45-25(14-50)35(61)47-24(13-49)34(60)42-21(11-27(40)53)32(58)46-26(15-51)36(62)48-29(18(5)52)37(63)43-22(12-28(54)55)33(59)44-23(38(64)65)10-17(3)4/h16-26,29,49-52H,7-15,39H2,1-6H3,(H2,40,53)(H,41,56)(H,42,60)(H,43,63)(H,44,59)(H,45,57)(H,46,58)(H,47,61)(H,48,62)(H,54,55)(H,64,65)/t18-,19+,20+,21+,22+,23+,24+,25+,26+,29+/m1/s1. The molecule has 0 aromatic heterocycles. The highest BCUT2D eigenvalue weighted by atomic mass is 32.2. The first-order valence-electron chi connectivity index (χ1n) is 20.6. The van der Waals surface area contributed by atoms with Crippen LogP contribution in [0.3, 0.4) is 0 Å². The Balaban J connectivity index is 6.07. The fraction of sp³-hybridized carbons (Fsp3) is 0.711. The molecular formula is C38H66N10O17S. The summed E-state index contributed by atoms with van der Waals surface area (Å²) in [5.74, 6) is -13.5. The smallest absolute Gasteiger partial charge is 0.326 e. The minimum Gasteiger partial charge on any atom is -0.481 e. The monoisotopic (exact) mass is 966 g/mol. The Bertz CT molecular complexity index is 1700. The topological polar surface area (TPSA) is 457 Å². The maximum atomic E-state index is 13.3. The van der Waals surface area contributed by atoms with E-state index >= 15 is 0 Å². The van der Waals surface area contributed by atoms with Gasteiger partial charge in [0.15, 0.2) is 0 Å². The Morgan fingerprint density at radius 3 is 1.24 bits per heavy atom. The average molecular weight is 967 g/mol. The molecule has 18 N–H and O–H groups in total. The summed E-state index contributed by atoms with van der Waals surface area (Å²) in [5.41, 5.74) is 11.2. The lowest BCUT2D eigenvalue weighted by Gasteiger charge is -2.27. The number of aliphatic hydroxyl groups is 4. The predicted octanol–water partition coefficient (Wildman–Crippen LogP) is -7.17. The van der Waals surface area contributed by atoms with Crippen molar-refractivity contribution in [3.8, 4) is 0 Å². The number of nitrogens with two attached hydrogens (primary N) is 2. The second-order valence-corrected chi connectivity index (χ2v) is 16.9. The number of hydrogen-bond acceptors (Lipinski definition) is 17. The van der Waals surface area contributed by atoms with Gasteiger partial charge in [-0.05, 0) is 50.0 Å². The van der Waals surface area contributed by atoms with Crippen molar-refractivity contribution in [3.63, 3.8) is 0 Å². The van der Waals surface area contributed by atoms with E-state index in [-0.39, 0.29) is 24.7 Å². The molecule has 0 heterocycles. The van der Waals surface area contributed by atoms with Gasteiger partial charge in [-0.2, -0.15) is 11.8 Å². The van der Waals surface area contributed by atoms with E-state index in [9.17, 15) is 83.4 Å². The van der Waals surface area contributed by atoms with Gasteiger partial charge in [-0.15, -0.1) is 0 Å². The first kappa shape index (κ1) is 60.3. The number of amides is 9. The van der Waals surface area contributed by atoms with E-state index < -0.39 is 158 Å². The largest absolute Gasteiger partial charge is 0.481 e. The highest BCUT2D eigenvalue weighted by Gasteiger charge is 2.36. The molecule has 9 amide bonds. The van der Waals surface area contributed by atoms with Crippen LogP contribution in [-0.2, 0) is 52.7 Å². The summed E-state index contributed by atoms with van der Waals surface area (Å²) in [5, 5.41) is 76.1. The number of aliphatic hydroxyl groups excluding tert-OH is 4. The Morgan fingerprint density at radius 2 is 0.864 bits per heavy atom. The van der Waals surface area contributed by atoms with Gasteiger partial charge in [-0.3, -0.25) is 47.9 Å². The third-order valence-corrected chi connectivity index (χ3v) is 9.83. The van der Waals surface area contributed by atoms with Crippen molar-refractivity contribution in [1.29, 1.82) is 0 Å². The van der Waals surface area contributed by atoms with Crippen LogP contribution in [0.2, 0.25) is 0 Å². The van der Waals surface area contributed by atoms with Gasteiger partial charge in [0.25, 0.3) is 0 Å². The van der Waals surface area contributed by atoms with Gasteiger partial charge in [-0.25, -0.2) is 4.79 Å². The summed E-state index contributed by atoms with van der Waals surface area (Å²) in [6.45, 7) is 4.56. The van der Waals surface area contributed by atoms with Crippen molar-refractivity contribution in [2.45, 2.75) is 127 Å². The van der Waals surface area contributed by atoms with Gasteiger partial charge >= 0.3 is 11.9 Å². The second-order valence-electron chi connectivity index (χ2n) is 16.0. The predicted molar refractivity (Wildman–Crippen MR) is 232 cm³/mol. The maximum absolute atomic E-state index is 13.3. The molecule has 376 valence electrons. The van der Waals surface area contributed by atoms with Gasteiger partial charge in [0, 0.05) is 0 Å². The lowest BCUT2D eigenvalue weighted by atomic mass is 10.0. The number of primary amides is 1. The molecule has 0 aliphatic carbocycles. The SMILES string of the molecule is CSCC[C@H](NC(=O)[C@@H](N)CC(C)C)C(=O)N[C@@H](CO)C(=O)N[C@@H](CO)C(=O)N[C@@H](CC(N)=O)C(=O)N[C@@H](CO)C(=O)N[C@H](C(=O)N[C@@H](CC(=O)O)C(=O)N[C@@H](CC(C)C)C(=O)O)[C@@H](C)O. The molecule has 0 aromatic rings. The molecule has 0 saturated heterocycles. The molecule has 0 fully saturated rings. The number of carboxylic acids is 2.